The molecule has 2 aromatic rings. The molecule has 0 saturated heterocycles. The van der Waals surface area contributed by atoms with E-state index in [-0.39, 0.29) is 16.4 Å². The number of benzene rings is 1. The first-order valence-corrected chi connectivity index (χ1v) is 7.04. The number of aryl methyl sites for hydroxylation is 3. The molecule has 1 aromatic carbocycles. The molecule has 0 radical (unpaired) electrons. The van der Waals surface area contributed by atoms with Gasteiger partial charge in [0, 0.05) is 18.0 Å². The van der Waals surface area contributed by atoms with Crippen molar-refractivity contribution in [3.8, 4) is 5.75 Å². The van der Waals surface area contributed by atoms with Crippen LogP contribution < -0.4 is 10.9 Å². The summed E-state index contributed by atoms with van der Waals surface area (Å²) in [4.78, 5) is 15.7. The van der Waals surface area contributed by atoms with E-state index in [0.717, 1.165) is 16.8 Å². The van der Waals surface area contributed by atoms with Crippen molar-refractivity contribution in [2.24, 2.45) is 4.99 Å². The highest BCUT2D eigenvalue weighted by Gasteiger charge is 2.08. The standard InChI is InChI=1S/C16H16N2O3S/c1-9-5-4-6-10(2)14(9)18-16(22)17-8-12-13(19)7-11(3)21-15(12)20/h4-8,19H,1-3H3,(H,18,22)/b17-8+. The van der Waals surface area contributed by atoms with Crippen LogP contribution in [0.5, 0.6) is 5.75 Å². The van der Waals surface area contributed by atoms with Crippen molar-refractivity contribution in [2.75, 3.05) is 5.32 Å². The third-order valence-corrected chi connectivity index (χ3v) is 3.32. The summed E-state index contributed by atoms with van der Waals surface area (Å²) in [6.07, 6.45) is 1.20. The van der Waals surface area contributed by atoms with Gasteiger partial charge in [0.15, 0.2) is 5.11 Å². The van der Waals surface area contributed by atoms with Crippen LogP contribution in [0.2, 0.25) is 0 Å². The van der Waals surface area contributed by atoms with Crippen molar-refractivity contribution in [3.05, 3.63) is 57.1 Å². The fourth-order valence-corrected chi connectivity index (χ4v) is 2.15. The van der Waals surface area contributed by atoms with E-state index in [4.69, 9.17) is 16.6 Å². The van der Waals surface area contributed by atoms with Gasteiger partial charge in [-0.15, -0.1) is 0 Å². The second-order valence-corrected chi connectivity index (χ2v) is 5.29. The molecule has 5 nitrogen and oxygen atoms in total. The number of rotatable bonds is 2. The Hall–Kier alpha value is -2.47. The average Bonchev–Trinajstić information content (AvgIpc) is 2.42. The molecule has 0 unspecified atom stereocenters. The molecule has 0 aliphatic rings. The highest BCUT2D eigenvalue weighted by molar-refractivity contribution is 7.80. The van der Waals surface area contributed by atoms with E-state index in [1.807, 2.05) is 32.0 Å². The van der Waals surface area contributed by atoms with Gasteiger partial charge in [0.1, 0.15) is 17.1 Å². The predicted molar refractivity (Wildman–Crippen MR) is 91.1 cm³/mol. The van der Waals surface area contributed by atoms with Crippen LogP contribution >= 0.6 is 12.2 Å². The summed E-state index contributed by atoms with van der Waals surface area (Å²) in [5, 5.41) is 13.0. The smallest absolute Gasteiger partial charge is 0.348 e. The Morgan fingerprint density at radius 1 is 1.32 bits per heavy atom. The zero-order chi connectivity index (χ0) is 16.3. The minimum Gasteiger partial charge on any atom is -0.507 e. The molecule has 2 rings (SSSR count). The zero-order valence-corrected chi connectivity index (χ0v) is 13.3. The first-order chi connectivity index (χ1) is 10.4. The van der Waals surface area contributed by atoms with Crippen molar-refractivity contribution in [3.63, 3.8) is 0 Å². The molecule has 2 N–H and O–H groups in total. The molecular weight excluding hydrogens is 300 g/mol. The van der Waals surface area contributed by atoms with Crippen molar-refractivity contribution < 1.29 is 9.52 Å². The summed E-state index contributed by atoms with van der Waals surface area (Å²) in [6, 6.07) is 7.23. The molecule has 0 aliphatic carbocycles. The average molecular weight is 316 g/mol. The van der Waals surface area contributed by atoms with Gasteiger partial charge in [-0.25, -0.2) is 9.79 Å². The van der Waals surface area contributed by atoms with Crippen molar-refractivity contribution >= 4 is 29.2 Å². The molecule has 22 heavy (non-hydrogen) atoms. The van der Waals surface area contributed by atoms with E-state index in [1.165, 1.54) is 12.3 Å². The van der Waals surface area contributed by atoms with E-state index in [9.17, 15) is 9.90 Å². The Morgan fingerprint density at radius 3 is 2.55 bits per heavy atom. The lowest BCUT2D eigenvalue weighted by molar-refractivity contribution is 0.433. The largest absolute Gasteiger partial charge is 0.507 e. The van der Waals surface area contributed by atoms with E-state index in [2.05, 4.69) is 10.3 Å². The van der Waals surface area contributed by atoms with Crippen LogP contribution in [-0.2, 0) is 0 Å². The summed E-state index contributed by atoms with van der Waals surface area (Å²) >= 11 is 5.14. The van der Waals surface area contributed by atoms with Crippen LogP contribution in [0, 0.1) is 20.8 Å². The first-order valence-electron chi connectivity index (χ1n) is 6.63. The van der Waals surface area contributed by atoms with Crippen LogP contribution in [-0.4, -0.2) is 16.4 Å². The van der Waals surface area contributed by atoms with Gasteiger partial charge in [0.2, 0.25) is 0 Å². The summed E-state index contributed by atoms with van der Waals surface area (Å²) < 4.78 is 4.91. The van der Waals surface area contributed by atoms with E-state index in [1.54, 1.807) is 6.92 Å². The Bertz CT molecular complexity index is 789. The molecule has 0 saturated carbocycles. The van der Waals surface area contributed by atoms with Gasteiger partial charge in [0.05, 0.1) is 0 Å². The van der Waals surface area contributed by atoms with Gasteiger partial charge in [0.25, 0.3) is 0 Å². The minimum absolute atomic E-state index is 0.0312. The van der Waals surface area contributed by atoms with Crippen LogP contribution in [0.25, 0.3) is 0 Å². The van der Waals surface area contributed by atoms with Crippen LogP contribution in [0.4, 0.5) is 5.69 Å². The van der Waals surface area contributed by atoms with Gasteiger partial charge >= 0.3 is 5.63 Å². The monoisotopic (exact) mass is 316 g/mol. The molecule has 0 aliphatic heterocycles. The maximum atomic E-state index is 11.7. The molecule has 1 heterocycles. The maximum Gasteiger partial charge on any atom is 0.348 e. The zero-order valence-electron chi connectivity index (χ0n) is 12.5. The molecular formula is C16H16N2O3S. The Labute approximate surface area is 133 Å². The van der Waals surface area contributed by atoms with Gasteiger partial charge in [-0.1, -0.05) is 18.2 Å². The number of hydrogen-bond acceptors (Lipinski definition) is 4. The maximum absolute atomic E-state index is 11.7. The predicted octanol–water partition coefficient (Wildman–Crippen LogP) is 3.09. The Kier molecular flexibility index (Phi) is 4.72. The van der Waals surface area contributed by atoms with Crippen molar-refractivity contribution in [2.45, 2.75) is 20.8 Å². The summed E-state index contributed by atoms with van der Waals surface area (Å²) in [5.41, 5.74) is 2.27. The summed E-state index contributed by atoms with van der Waals surface area (Å²) in [6.45, 7) is 5.50. The molecule has 0 fully saturated rings. The lowest BCUT2D eigenvalue weighted by atomic mass is 10.1. The Morgan fingerprint density at radius 2 is 1.95 bits per heavy atom. The number of thiocarbonyl (C=S) groups is 1. The molecule has 0 spiro atoms. The number of hydrogen-bond donors (Lipinski definition) is 2. The second kappa shape index (κ2) is 6.53. The van der Waals surface area contributed by atoms with Crippen LogP contribution in [0.1, 0.15) is 22.5 Å². The highest BCUT2D eigenvalue weighted by Crippen LogP contribution is 2.19. The topological polar surface area (TPSA) is 74.8 Å². The molecule has 0 bridgehead atoms. The lowest BCUT2D eigenvalue weighted by Crippen LogP contribution is -2.12. The van der Waals surface area contributed by atoms with Gasteiger partial charge in [-0.3, -0.25) is 0 Å². The second-order valence-electron chi connectivity index (χ2n) is 4.90. The molecule has 1 aromatic heterocycles. The number of para-hydroxylation sites is 1. The molecule has 114 valence electrons. The third kappa shape index (κ3) is 3.59. The number of nitrogens with zero attached hydrogens (tertiary/aromatic N) is 1. The van der Waals surface area contributed by atoms with Gasteiger partial charge < -0.3 is 14.8 Å². The quantitative estimate of drug-likeness (QED) is 0.658. The SMILES string of the molecule is Cc1cc(O)c(/C=N/C(=S)Nc2c(C)cccc2C)c(=O)o1. The fourth-order valence-electron chi connectivity index (χ4n) is 2.00. The fraction of sp³-hybridized carbons (Fsp3) is 0.188. The summed E-state index contributed by atoms with van der Waals surface area (Å²) in [5.74, 6) is 0.142. The summed E-state index contributed by atoms with van der Waals surface area (Å²) in [7, 11) is 0. The van der Waals surface area contributed by atoms with Crippen LogP contribution in [0.15, 0.2) is 38.5 Å². The Balaban J connectivity index is 2.21. The highest BCUT2D eigenvalue weighted by atomic mass is 32.1. The normalized spacial score (nSPS) is 10.9. The van der Waals surface area contributed by atoms with Gasteiger partial charge in [-0.05, 0) is 44.1 Å². The van der Waals surface area contributed by atoms with E-state index >= 15 is 0 Å². The van der Waals surface area contributed by atoms with Crippen molar-refractivity contribution in [1.82, 2.24) is 0 Å². The number of aromatic hydroxyl groups is 1. The number of nitrogens with one attached hydrogen (secondary N) is 1. The third-order valence-electron chi connectivity index (χ3n) is 3.11. The van der Waals surface area contributed by atoms with Gasteiger partial charge in [-0.2, -0.15) is 0 Å². The number of aliphatic imine (C=N–C) groups is 1. The van der Waals surface area contributed by atoms with E-state index < -0.39 is 5.63 Å². The van der Waals surface area contributed by atoms with E-state index in [0.29, 0.717) is 5.76 Å². The molecule has 0 amide bonds. The first kappa shape index (κ1) is 15.9. The van der Waals surface area contributed by atoms with Crippen molar-refractivity contribution in [1.29, 1.82) is 0 Å². The van der Waals surface area contributed by atoms with Crippen LogP contribution in [0.3, 0.4) is 0 Å². The molecule has 6 heteroatoms. The number of anilines is 1. The minimum atomic E-state index is -0.656. The lowest BCUT2D eigenvalue weighted by Gasteiger charge is -2.10. The molecule has 0 atom stereocenters.